The topological polar surface area (TPSA) is 106 Å². The minimum atomic E-state index is -1.10. The van der Waals surface area contributed by atoms with Crippen molar-refractivity contribution in [2.45, 2.75) is 31.5 Å². The molecule has 1 N–H and O–H groups in total. The van der Waals surface area contributed by atoms with Gasteiger partial charge in [-0.2, -0.15) is 5.26 Å². The number of rotatable bonds is 8. The van der Waals surface area contributed by atoms with E-state index < -0.39 is 17.4 Å². The fraction of sp³-hybridized carbons (Fsp3) is 0.261. The van der Waals surface area contributed by atoms with E-state index in [4.69, 9.17) is 9.47 Å². The van der Waals surface area contributed by atoms with Gasteiger partial charge in [-0.15, -0.1) is 0 Å². The molecule has 1 saturated carbocycles. The van der Waals surface area contributed by atoms with E-state index in [0.717, 1.165) is 17.4 Å². The third kappa shape index (κ3) is 4.85. The van der Waals surface area contributed by atoms with E-state index in [-0.39, 0.29) is 24.8 Å². The van der Waals surface area contributed by atoms with Gasteiger partial charge in [0.1, 0.15) is 41.6 Å². The van der Waals surface area contributed by atoms with Crippen molar-refractivity contribution < 1.29 is 14.6 Å². The number of hydrogen-bond acceptors (Lipinski definition) is 6. The number of hydrogen-bond donors (Lipinski definition) is 1. The molecule has 1 aliphatic carbocycles. The molecule has 158 valence electrons. The smallest absolute Gasteiger partial charge is 0.331 e. The van der Waals surface area contributed by atoms with Crippen LogP contribution in [0.25, 0.3) is 0 Å². The van der Waals surface area contributed by atoms with Crippen LogP contribution in [0.5, 0.6) is 17.2 Å². The van der Waals surface area contributed by atoms with Gasteiger partial charge in [-0.3, -0.25) is 13.9 Å². The molecule has 0 aliphatic heterocycles. The van der Waals surface area contributed by atoms with Crippen molar-refractivity contribution in [3.63, 3.8) is 0 Å². The summed E-state index contributed by atoms with van der Waals surface area (Å²) < 4.78 is 13.6. The molecule has 0 radical (unpaired) electrons. The van der Waals surface area contributed by atoms with Crippen LogP contribution in [0.4, 0.5) is 0 Å². The quantitative estimate of drug-likeness (QED) is 0.601. The Hall–Kier alpha value is -3.83. The predicted molar refractivity (Wildman–Crippen MR) is 112 cm³/mol. The van der Waals surface area contributed by atoms with Gasteiger partial charge in [0.05, 0.1) is 6.54 Å². The molecule has 3 aromatic rings. The normalized spacial score (nSPS) is 13.9. The zero-order valence-corrected chi connectivity index (χ0v) is 16.7. The molecule has 1 fully saturated rings. The highest BCUT2D eigenvalue weighted by molar-refractivity contribution is 5.35. The molecule has 8 nitrogen and oxygen atoms in total. The van der Waals surface area contributed by atoms with Gasteiger partial charge in [0, 0.05) is 12.2 Å². The highest BCUT2D eigenvalue weighted by Gasteiger charge is 2.27. The molecule has 0 bridgehead atoms. The van der Waals surface area contributed by atoms with Crippen molar-refractivity contribution in [1.29, 1.82) is 5.26 Å². The summed E-state index contributed by atoms with van der Waals surface area (Å²) in [6.07, 6.45) is 1.87. The molecule has 1 atom stereocenters. The first-order valence-corrected chi connectivity index (χ1v) is 9.95. The Morgan fingerprint density at radius 1 is 1.03 bits per heavy atom. The summed E-state index contributed by atoms with van der Waals surface area (Å²) >= 11 is 0. The molecular weight excluding hydrogens is 398 g/mol. The third-order valence-corrected chi connectivity index (χ3v) is 4.89. The van der Waals surface area contributed by atoms with E-state index in [0.29, 0.717) is 17.2 Å². The van der Waals surface area contributed by atoms with Crippen LogP contribution in [-0.4, -0.2) is 27.0 Å². The molecule has 1 aliphatic rings. The fourth-order valence-corrected chi connectivity index (χ4v) is 3.16. The van der Waals surface area contributed by atoms with E-state index in [1.807, 2.05) is 36.4 Å². The number of ether oxygens (including phenoxy) is 2. The lowest BCUT2D eigenvalue weighted by atomic mass is 10.3. The number of para-hydroxylation sites is 1. The van der Waals surface area contributed by atoms with Gasteiger partial charge in [-0.25, -0.2) is 4.79 Å². The maximum atomic E-state index is 12.6. The molecule has 0 unspecified atom stereocenters. The summed E-state index contributed by atoms with van der Waals surface area (Å²) in [5.41, 5.74) is -1.34. The average molecular weight is 419 g/mol. The summed E-state index contributed by atoms with van der Waals surface area (Å²) in [5, 5.41) is 19.5. The predicted octanol–water partition coefficient (Wildman–Crippen LogP) is 2.45. The zero-order chi connectivity index (χ0) is 21.8. The molecule has 0 spiro atoms. The molecule has 1 aromatic heterocycles. The Balaban J connectivity index is 1.39. The molecule has 31 heavy (non-hydrogen) atoms. The largest absolute Gasteiger partial charge is 0.491 e. The van der Waals surface area contributed by atoms with Crippen LogP contribution < -0.4 is 20.7 Å². The van der Waals surface area contributed by atoms with E-state index in [2.05, 4.69) is 0 Å². The number of nitriles is 1. The lowest BCUT2D eigenvalue weighted by Gasteiger charge is -2.15. The second-order valence-electron chi connectivity index (χ2n) is 7.34. The number of nitrogens with zero attached hydrogens (tertiary/aromatic N) is 3. The maximum Gasteiger partial charge on any atom is 0.331 e. The van der Waals surface area contributed by atoms with E-state index in [1.165, 1.54) is 10.8 Å². The number of aliphatic hydroxyl groups excluding tert-OH is 1. The van der Waals surface area contributed by atoms with Gasteiger partial charge in [0.25, 0.3) is 5.56 Å². The third-order valence-electron chi connectivity index (χ3n) is 4.89. The van der Waals surface area contributed by atoms with Crippen molar-refractivity contribution in [2.75, 3.05) is 6.61 Å². The summed E-state index contributed by atoms with van der Waals surface area (Å²) in [7, 11) is 0. The molecule has 0 saturated heterocycles. The molecule has 2 aromatic carbocycles. The van der Waals surface area contributed by atoms with Crippen molar-refractivity contribution in [1.82, 2.24) is 9.13 Å². The lowest BCUT2D eigenvalue weighted by Crippen LogP contribution is -2.44. The minimum absolute atomic E-state index is 0.0106. The summed E-state index contributed by atoms with van der Waals surface area (Å²) in [5.74, 6) is 1.86. The van der Waals surface area contributed by atoms with E-state index in [1.54, 1.807) is 24.3 Å². The van der Waals surface area contributed by atoms with Crippen molar-refractivity contribution in [2.24, 2.45) is 0 Å². The van der Waals surface area contributed by atoms with Crippen LogP contribution in [-0.2, 0) is 6.54 Å². The first kappa shape index (κ1) is 20.4. The SMILES string of the molecule is N#Cc1cn(C2CC2)c(=O)n(C[C@@H](O)COc2ccc(Oc3ccccc3)cc2)c1=O. The number of benzene rings is 2. The Morgan fingerprint density at radius 2 is 1.68 bits per heavy atom. The Labute approximate surface area is 178 Å². The average Bonchev–Trinajstić information content (AvgIpc) is 3.62. The highest BCUT2D eigenvalue weighted by Crippen LogP contribution is 2.33. The zero-order valence-electron chi connectivity index (χ0n) is 16.7. The lowest BCUT2D eigenvalue weighted by molar-refractivity contribution is 0.0899. The summed E-state index contributed by atoms with van der Waals surface area (Å²) in [6.45, 7) is -0.375. The molecule has 0 amide bonds. The first-order chi connectivity index (χ1) is 15.0. The Kier molecular flexibility index (Phi) is 5.87. The monoisotopic (exact) mass is 419 g/mol. The van der Waals surface area contributed by atoms with Crippen LogP contribution in [0.2, 0.25) is 0 Å². The molecule has 8 heteroatoms. The van der Waals surface area contributed by atoms with Gasteiger partial charge in [-0.05, 0) is 49.2 Å². The van der Waals surface area contributed by atoms with Gasteiger partial charge >= 0.3 is 5.69 Å². The van der Waals surface area contributed by atoms with Gasteiger partial charge < -0.3 is 14.6 Å². The number of aromatic nitrogens is 2. The maximum absolute atomic E-state index is 12.6. The van der Waals surface area contributed by atoms with Crippen LogP contribution >= 0.6 is 0 Å². The van der Waals surface area contributed by atoms with Crippen molar-refractivity contribution in [3.05, 3.63) is 87.2 Å². The van der Waals surface area contributed by atoms with Crippen LogP contribution in [0.3, 0.4) is 0 Å². The van der Waals surface area contributed by atoms with Crippen LogP contribution in [0, 0.1) is 11.3 Å². The summed E-state index contributed by atoms with van der Waals surface area (Å²) in [6, 6.07) is 18.1. The Morgan fingerprint density at radius 3 is 2.32 bits per heavy atom. The molecular formula is C23H21N3O5. The van der Waals surface area contributed by atoms with Crippen LogP contribution in [0.15, 0.2) is 70.4 Å². The molecule has 4 rings (SSSR count). The van der Waals surface area contributed by atoms with Gasteiger partial charge in [-0.1, -0.05) is 18.2 Å². The second kappa shape index (κ2) is 8.90. The standard InChI is InChI=1S/C23H21N3O5/c24-12-16-13-25(17-6-7-17)23(29)26(22(16)28)14-18(27)15-30-19-8-10-21(11-9-19)31-20-4-2-1-3-5-20/h1-5,8-11,13,17-18,27H,6-7,14-15H2/t18-/m1/s1. The van der Waals surface area contributed by atoms with Crippen molar-refractivity contribution >= 4 is 0 Å². The van der Waals surface area contributed by atoms with Gasteiger partial charge in [0.2, 0.25) is 0 Å². The molecule has 1 heterocycles. The van der Waals surface area contributed by atoms with Crippen molar-refractivity contribution in [3.8, 4) is 23.3 Å². The highest BCUT2D eigenvalue weighted by atomic mass is 16.5. The first-order valence-electron chi connectivity index (χ1n) is 9.95. The summed E-state index contributed by atoms with van der Waals surface area (Å²) in [4.78, 5) is 25.0. The van der Waals surface area contributed by atoms with Gasteiger partial charge in [0.15, 0.2) is 0 Å². The second-order valence-corrected chi connectivity index (χ2v) is 7.34. The van der Waals surface area contributed by atoms with Crippen LogP contribution in [0.1, 0.15) is 24.4 Å². The van der Waals surface area contributed by atoms with E-state index in [9.17, 15) is 20.0 Å². The Bertz CT molecular complexity index is 1210. The minimum Gasteiger partial charge on any atom is -0.491 e. The fourth-order valence-electron chi connectivity index (χ4n) is 3.16. The van der Waals surface area contributed by atoms with E-state index >= 15 is 0 Å². The number of aliphatic hydroxyl groups is 1.